The predicted octanol–water partition coefficient (Wildman–Crippen LogP) is 1.58. The molecule has 2 heterocycles. The minimum Gasteiger partial charge on any atom is -0.317 e. The number of rotatable bonds is 2. The molecule has 0 saturated carbocycles. The molecule has 3 nitrogen and oxygen atoms in total. The van der Waals surface area contributed by atoms with Gasteiger partial charge in [-0.3, -0.25) is 9.88 Å². The zero-order valence-electron chi connectivity index (χ0n) is 10.1. The lowest BCUT2D eigenvalue weighted by atomic mass is 10.1. The maximum Gasteiger partial charge on any atom is 0.0300 e. The molecule has 0 unspecified atom stereocenters. The van der Waals surface area contributed by atoms with Gasteiger partial charge < -0.3 is 5.32 Å². The van der Waals surface area contributed by atoms with Crippen molar-refractivity contribution in [3.05, 3.63) is 29.6 Å². The molecule has 1 aliphatic heterocycles. The summed E-state index contributed by atoms with van der Waals surface area (Å²) in [5.41, 5.74) is 2.73. The van der Waals surface area contributed by atoms with E-state index in [0.717, 1.165) is 19.6 Å². The maximum absolute atomic E-state index is 4.14. The lowest BCUT2D eigenvalue weighted by Crippen LogP contribution is -2.33. The monoisotopic (exact) mass is 219 g/mol. The molecule has 0 radical (unpaired) electrons. The van der Waals surface area contributed by atoms with Crippen molar-refractivity contribution in [2.24, 2.45) is 0 Å². The summed E-state index contributed by atoms with van der Waals surface area (Å²) in [6.07, 6.45) is 6.36. The minimum absolute atomic E-state index is 1.08. The predicted molar refractivity (Wildman–Crippen MR) is 66.4 cm³/mol. The van der Waals surface area contributed by atoms with Crippen LogP contribution >= 0.6 is 0 Å². The van der Waals surface area contributed by atoms with Crippen LogP contribution < -0.4 is 5.32 Å². The molecule has 0 amide bonds. The number of hydrogen-bond acceptors (Lipinski definition) is 3. The quantitative estimate of drug-likeness (QED) is 0.818. The third-order valence-corrected chi connectivity index (χ3v) is 3.19. The van der Waals surface area contributed by atoms with Gasteiger partial charge in [-0.1, -0.05) is 0 Å². The molecule has 0 aliphatic carbocycles. The summed E-state index contributed by atoms with van der Waals surface area (Å²) in [6, 6.07) is 2.15. The molecular formula is C13H21N3. The Balaban J connectivity index is 1.94. The van der Waals surface area contributed by atoms with Gasteiger partial charge in [-0.15, -0.1) is 0 Å². The summed E-state index contributed by atoms with van der Waals surface area (Å²) >= 11 is 0. The Morgan fingerprint density at radius 3 is 2.75 bits per heavy atom. The molecule has 1 aliphatic rings. The summed E-state index contributed by atoms with van der Waals surface area (Å²) in [5.74, 6) is 0. The second-order valence-electron chi connectivity index (χ2n) is 4.54. The second-order valence-corrected chi connectivity index (χ2v) is 4.54. The van der Waals surface area contributed by atoms with E-state index in [4.69, 9.17) is 0 Å². The van der Waals surface area contributed by atoms with E-state index in [0.29, 0.717) is 0 Å². The van der Waals surface area contributed by atoms with Gasteiger partial charge >= 0.3 is 0 Å². The molecule has 0 atom stereocenters. The topological polar surface area (TPSA) is 28.2 Å². The van der Waals surface area contributed by atoms with Gasteiger partial charge in [-0.2, -0.15) is 0 Å². The van der Waals surface area contributed by atoms with Crippen LogP contribution in [0.3, 0.4) is 0 Å². The Hall–Kier alpha value is -0.930. The van der Waals surface area contributed by atoms with Crippen LogP contribution in [0.5, 0.6) is 0 Å². The van der Waals surface area contributed by atoms with Gasteiger partial charge in [0.15, 0.2) is 0 Å². The molecule has 1 saturated heterocycles. The number of pyridine rings is 1. The summed E-state index contributed by atoms with van der Waals surface area (Å²) in [5, 5.41) is 3.45. The van der Waals surface area contributed by atoms with E-state index < -0.39 is 0 Å². The Kier molecular flexibility index (Phi) is 4.31. The first-order valence-corrected chi connectivity index (χ1v) is 6.19. The van der Waals surface area contributed by atoms with Crippen LogP contribution in [-0.2, 0) is 6.54 Å². The first-order valence-electron chi connectivity index (χ1n) is 6.19. The van der Waals surface area contributed by atoms with Crippen molar-refractivity contribution in [1.29, 1.82) is 0 Å². The second kappa shape index (κ2) is 5.97. The van der Waals surface area contributed by atoms with Crippen LogP contribution in [0.15, 0.2) is 18.5 Å². The van der Waals surface area contributed by atoms with Gasteiger partial charge in [-0.25, -0.2) is 0 Å². The number of nitrogens with zero attached hydrogens (tertiary/aromatic N) is 2. The number of hydrogen-bond donors (Lipinski definition) is 1. The molecule has 0 aromatic carbocycles. The minimum atomic E-state index is 1.08. The van der Waals surface area contributed by atoms with Crippen LogP contribution in [0, 0.1) is 6.92 Å². The van der Waals surface area contributed by atoms with Gasteiger partial charge in [-0.05, 0) is 63.1 Å². The molecule has 16 heavy (non-hydrogen) atoms. The first kappa shape index (κ1) is 11.6. The zero-order valence-corrected chi connectivity index (χ0v) is 10.1. The van der Waals surface area contributed by atoms with Crippen molar-refractivity contribution in [2.45, 2.75) is 26.3 Å². The Morgan fingerprint density at radius 1 is 1.31 bits per heavy atom. The number of aromatic nitrogens is 1. The molecule has 88 valence electrons. The average molecular weight is 219 g/mol. The van der Waals surface area contributed by atoms with E-state index >= 15 is 0 Å². The van der Waals surface area contributed by atoms with Crippen molar-refractivity contribution in [3.8, 4) is 0 Å². The van der Waals surface area contributed by atoms with Gasteiger partial charge in [0.2, 0.25) is 0 Å². The molecule has 0 bridgehead atoms. The van der Waals surface area contributed by atoms with Gasteiger partial charge in [0.25, 0.3) is 0 Å². The van der Waals surface area contributed by atoms with Crippen LogP contribution in [0.4, 0.5) is 0 Å². The maximum atomic E-state index is 4.14. The van der Waals surface area contributed by atoms with Crippen molar-refractivity contribution >= 4 is 0 Å². The first-order chi connectivity index (χ1) is 7.86. The Labute approximate surface area is 97.9 Å². The molecular weight excluding hydrogens is 198 g/mol. The zero-order chi connectivity index (χ0) is 11.2. The summed E-state index contributed by atoms with van der Waals surface area (Å²) < 4.78 is 0. The van der Waals surface area contributed by atoms with E-state index in [1.54, 1.807) is 0 Å². The van der Waals surface area contributed by atoms with Crippen LogP contribution in [0.1, 0.15) is 24.0 Å². The van der Waals surface area contributed by atoms with E-state index in [9.17, 15) is 0 Å². The van der Waals surface area contributed by atoms with Crippen molar-refractivity contribution in [2.75, 3.05) is 26.2 Å². The third kappa shape index (κ3) is 3.29. The molecule has 3 heteroatoms. The summed E-state index contributed by atoms with van der Waals surface area (Å²) in [4.78, 5) is 6.70. The third-order valence-electron chi connectivity index (χ3n) is 3.19. The molecule has 1 aromatic heterocycles. The highest BCUT2D eigenvalue weighted by atomic mass is 15.1. The van der Waals surface area contributed by atoms with Crippen molar-refractivity contribution < 1.29 is 0 Å². The van der Waals surface area contributed by atoms with Crippen LogP contribution in [-0.4, -0.2) is 36.1 Å². The van der Waals surface area contributed by atoms with E-state index in [1.165, 1.54) is 37.1 Å². The largest absolute Gasteiger partial charge is 0.317 e. The lowest BCUT2D eigenvalue weighted by molar-refractivity contribution is 0.244. The molecule has 1 N–H and O–H groups in total. The van der Waals surface area contributed by atoms with Gasteiger partial charge in [0, 0.05) is 18.9 Å². The average Bonchev–Trinajstić information content (AvgIpc) is 2.24. The van der Waals surface area contributed by atoms with E-state index in [-0.39, 0.29) is 0 Å². The number of nitrogens with one attached hydrogen (secondary N) is 1. The van der Waals surface area contributed by atoms with Gasteiger partial charge in [0.05, 0.1) is 0 Å². The standard InChI is InChI=1S/C13H21N3/c1-12-10-15-7-4-13(12)11-16-8-2-5-14-6-3-9-16/h4,7,10,14H,2-3,5-6,8-9,11H2,1H3. The molecule has 2 rings (SSSR count). The molecule has 1 aromatic rings. The fourth-order valence-corrected chi connectivity index (χ4v) is 2.17. The highest BCUT2D eigenvalue weighted by Gasteiger charge is 2.09. The Bertz CT molecular complexity index is 317. The van der Waals surface area contributed by atoms with E-state index in [2.05, 4.69) is 28.2 Å². The highest BCUT2D eigenvalue weighted by molar-refractivity contribution is 5.21. The smallest absolute Gasteiger partial charge is 0.0300 e. The lowest BCUT2D eigenvalue weighted by Gasteiger charge is -2.25. The SMILES string of the molecule is Cc1cnccc1CN1CCCNCCC1. The fraction of sp³-hybridized carbons (Fsp3) is 0.615. The van der Waals surface area contributed by atoms with Crippen molar-refractivity contribution in [1.82, 2.24) is 15.2 Å². The van der Waals surface area contributed by atoms with Gasteiger partial charge in [0.1, 0.15) is 0 Å². The molecule has 1 fully saturated rings. The van der Waals surface area contributed by atoms with Crippen LogP contribution in [0.2, 0.25) is 0 Å². The normalized spacial score (nSPS) is 19.1. The molecule has 0 spiro atoms. The Morgan fingerprint density at radius 2 is 2.06 bits per heavy atom. The summed E-state index contributed by atoms with van der Waals surface area (Å²) in [7, 11) is 0. The van der Waals surface area contributed by atoms with Crippen molar-refractivity contribution in [3.63, 3.8) is 0 Å². The van der Waals surface area contributed by atoms with Crippen LogP contribution in [0.25, 0.3) is 0 Å². The highest BCUT2D eigenvalue weighted by Crippen LogP contribution is 2.10. The number of aryl methyl sites for hydroxylation is 1. The fourth-order valence-electron chi connectivity index (χ4n) is 2.17. The summed E-state index contributed by atoms with van der Waals surface area (Å²) in [6.45, 7) is 7.95. The van der Waals surface area contributed by atoms with E-state index in [1.807, 2.05) is 12.4 Å².